The average molecular weight is 349 g/mol. The predicted molar refractivity (Wildman–Crippen MR) is 103 cm³/mol. The minimum atomic E-state index is -0.610. The lowest BCUT2D eigenvalue weighted by Gasteiger charge is -2.20. The monoisotopic (exact) mass is 349 g/mol. The number of carbonyl (C=O) groups is 2. The summed E-state index contributed by atoms with van der Waals surface area (Å²) in [5.74, 6) is -0.522. The van der Waals surface area contributed by atoms with Gasteiger partial charge in [0, 0.05) is 22.2 Å². The Kier molecular flexibility index (Phi) is 4.45. The summed E-state index contributed by atoms with van der Waals surface area (Å²) in [6, 6.07) is 12.9. The number of fused-ring (bicyclic) bond motifs is 1. The Morgan fingerprint density at radius 3 is 2.19 bits per heavy atom. The number of hydrogen-bond acceptors (Lipinski definition) is 3. The lowest BCUT2D eigenvalue weighted by Crippen LogP contribution is -2.24. The molecule has 0 radical (unpaired) electrons. The van der Waals surface area contributed by atoms with E-state index in [9.17, 15) is 9.59 Å². The smallest absolute Gasteiger partial charge is 0.339 e. The lowest BCUT2D eigenvalue weighted by molar-refractivity contribution is 0.00711. The van der Waals surface area contributed by atoms with Gasteiger partial charge in [0.1, 0.15) is 5.60 Å². The van der Waals surface area contributed by atoms with E-state index in [1.807, 2.05) is 65.0 Å². The molecule has 134 valence electrons. The molecule has 1 N–H and O–H groups in total. The van der Waals surface area contributed by atoms with Crippen LogP contribution < -0.4 is 0 Å². The Labute approximate surface area is 153 Å². The first-order valence-corrected chi connectivity index (χ1v) is 8.64. The van der Waals surface area contributed by atoms with E-state index in [4.69, 9.17) is 4.74 Å². The third-order valence-electron chi connectivity index (χ3n) is 4.23. The Morgan fingerprint density at radius 2 is 1.58 bits per heavy atom. The number of rotatable bonds is 3. The van der Waals surface area contributed by atoms with Crippen LogP contribution in [0.4, 0.5) is 0 Å². The molecule has 0 spiro atoms. The van der Waals surface area contributed by atoms with Gasteiger partial charge >= 0.3 is 5.97 Å². The fourth-order valence-electron chi connectivity index (χ4n) is 3.13. The van der Waals surface area contributed by atoms with Crippen molar-refractivity contribution < 1.29 is 14.3 Å². The minimum Gasteiger partial charge on any atom is -0.456 e. The lowest BCUT2D eigenvalue weighted by atomic mass is 9.95. The van der Waals surface area contributed by atoms with Gasteiger partial charge < -0.3 is 9.72 Å². The second-order valence-corrected chi connectivity index (χ2v) is 7.50. The molecule has 26 heavy (non-hydrogen) atoms. The van der Waals surface area contributed by atoms with Gasteiger partial charge in [-0.3, -0.25) is 4.79 Å². The van der Waals surface area contributed by atoms with Gasteiger partial charge in [0.15, 0.2) is 5.78 Å². The number of ether oxygens (including phenoxy) is 1. The molecule has 0 saturated carbocycles. The van der Waals surface area contributed by atoms with Gasteiger partial charge in [-0.1, -0.05) is 36.4 Å². The SMILES string of the molecule is Cc1ccc2[nH]c(C)c(C(=O)c3ccccc3)c2c1C(=O)OC(C)(C)C. The molecule has 0 saturated heterocycles. The van der Waals surface area contributed by atoms with Crippen LogP contribution >= 0.6 is 0 Å². The molecule has 0 unspecified atom stereocenters. The molecule has 3 rings (SSSR count). The third-order valence-corrected chi connectivity index (χ3v) is 4.23. The van der Waals surface area contributed by atoms with E-state index in [1.165, 1.54) is 0 Å². The van der Waals surface area contributed by atoms with E-state index < -0.39 is 11.6 Å². The van der Waals surface area contributed by atoms with Crippen LogP contribution in [-0.4, -0.2) is 22.3 Å². The van der Waals surface area contributed by atoms with Crippen LogP contribution in [0.5, 0.6) is 0 Å². The second kappa shape index (κ2) is 6.45. The van der Waals surface area contributed by atoms with Crippen molar-refractivity contribution in [2.24, 2.45) is 0 Å². The fraction of sp³-hybridized carbons (Fsp3) is 0.273. The number of aromatic nitrogens is 1. The second-order valence-electron chi connectivity index (χ2n) is 7.50. The number of H-pyrrole nitrogens is 1. The van der Waals surface area contributed by atoms with Crippen molar-refractivity contribution in [3.63, 3.8) is 0 Å². The van der Waals surface area contributed by atoms with Crippen LogP contribution in [0.1, 0.15) is 58.3 Å². The van der Waals surface area contributed by atoms with Crippen molar-refractivity contribution >= 4 is 22.7 Å². The van der Waals surface area contributed by atoms with Crippen molar-refractivity contribution in [1.29, 1.82) is 0 Å². The Balaban J connectivity index is 2.25. The summed E-state index contributed by atoms with van der Waals surface area (Å²) in [6.07, 6.45) is 0. The molecular weight excluding hydrogens is 326 g/mol. The van der Waals surface area contributed by atoms with Crippen LogP contribution in [0.25, 0.3) is 10.9 Å². The van der Waals surface area contributed by atoms with Crippen LogP contribution in [0.2, 0.25) is 0 Å². The van der Waals surface area contributed by atoms with Gasteiger partial charge in [0.25, 0.3) is 0 Å². The summed E-state index contributed by atoms with van der Waals surface area (Å²) in [5, 5.41) is 0.630. The highest BCUT2D eigenvalue weighted by Gasteiger charge is 2.27. The first-order chi connectivity index (χ1) is 12.2. The van der Waals surface area contributed by atoms with Gasteiger partial charge in [-0.2, -0.15) is 0 Å². The molecule has 4 heteroatoms. The van der Waals surface area contributed by atoms with Gasteiger partial charge in [-0.05, 0) is 46.2 Å². The Morgan fingerprint density at radius 1 is 0.923 bits per heavy atom. The predicted octanol–water partition coefficient (Wildman–Crippen LogP) is 4.97. The zero-order valence-corrected chi connectivity index (χ0v) is 15.8. The van der Waals surface area contributed by atoms with E-state index in [-0.39, 0.29) is 5.78 Å². The number of aryl methyl sites for hydroxylation is 2. The van der Waals surface area contributed by atoms with Crippen LogP contribution in [-0.2, 0) is 4.74 Å². The number of nitrogens with one attached hydrogen (secondary N) is 1. The van der Waals surface area contributed by atoms with Crippen molar-refractivity contribution in [2.45, 2.75) is 40.2 Å². The summed E-state index contributed by atoms with van der Waals surface area (Å²) in [7, 11) is 0. The van der Waals surface area contributed by atoms with Gasteiger partial charge in [0.2, 0.25) is 0 Å². The van der Waals surface area contributed by atoms with Gasteiger partial charge in [0.05, 0.1) is 11.1 Å². The van der Waals surface area contributed by atoms with Crippen LogP contribution in [0.3, 0.4) is 0 Å². The molecule has 0 amide bonds. The number of hydrogen-bond donors (Lipinski definition) is 1. The molecule has 2 aromatic carbocycles. The Hall–Kier alpha value is -2.88. The van der Waals surface area contributed by atoms with E-state index in [0.29, 0.717) is 22.1 Å². The molecular formula is C22H23NO3. The van der Waals surface area contributed by atoms with E-state index in [2.05, 4.69) is 4.98 Å². The summed E-state index contributed by atoms with van der Waals surface area (Å²) >= 11 is 0. The van der Waals surface area contributed by atoms with Crippen molar-refractivity contribution in [3.05, 3.63) is 70.4 Å². The third kappa shape index (κ3) is 3.27. The molecule has 0 aliphatic carbocycles. The molecule has 4 nitrogen and oxygen atoms in total. The topological polar surface area (TPSA) is 59.2 Å². The quantitative estimate of drug-likeness (QED) is 0.536. The van der Waals surface area contributed by atoms with Crippen LogP contribution in [0, 0.1) is 13.8 Å². The standard InChI is InChI=1S/C22H23NO3/c1-13-11-12-16-19(17(13)21(25)26-22(3,4)5)18(14(2)23-16)20(24)15-9-7-6-8-10-15/h6-12,23H,1-5H3. The molecule has 0 aliphatic heterocycles. The zero-order chi connectivity index (χ0) is 19.1. The zero-order valence-electron chi connectivity index (χ0n) is 15.8. The summed E-state index contributed by atoms with van der Waals surface area (Å²) in [5.41, 5.74) is 3.23. The number of ketones is 1. The summed E-state index contributed by atoms with van der Waals surface area (Å²) < 4.78 is 5.60. The van der Waals surface area contributed by atoms with E-state index in [1.54, 1.807) is 12.1 Å². The van der Waals surface area contributed by atoms with Gasteiger partial charge in [-0.25, -0.2) is 4.79 Å². The number of esters is 1. The van der Waals surface area contributed by atoms with Crippen molar-refractivity contribution in [1.82, 2.24) is 4.98 Å². The fourth-order valence-corrected chi connectivity index (χ4v) is 3.13. The average Bonchev–Trinajstić information content (AvgIpc) is 2.89. The van der Waals surface area contributed by atoms with E-state index >= 15 is 0 Å². The maximum atomic E-state index is 13.1. The molecule has 0 bridgehead atoms. The summed E-state index contributed by atoms with van der Waals surface area (Å²) in [6.45, 7) is 9.21. The van der Waals surface area contributed by atoms with E-state index in [0.717, 1.165) is 16.8 Å². The van der Waals surface area contributed by atoms with Crippen LogP contribution in [0.15, 0.2) is 42.5 Å². The number of benzene rings is 2. The molecule has 3 aromatic rings. The molecule has 0 atom stereocenters. The first-order valence-electron chi connectivity index (χ1n) is 8.64. The maximum absolute atomic E-state index is 13.1. The highest BCUT2D eigenvalue weighted by molar-refractivity contribution is 6.21. The highest BCUT2D eigenvalue weighted by atomic mass is 16.6. The molecule has 0 aliphatic rings. The molecule has 1 heterocycles. The normalized spacial score (nSPS) is 11.6. The summed E-state index contributed by atoms with van der Waals surface area (Å²) in [4.78, 5) is 29.2. The minimum absolute atomic E-state index is 0.107. The largest absolute Gasteiger partial charge is 0.456 e. The number of aromatic amines is 1. The highest BCUT2D eigenvalue weighted by Crippen LogP contribution is 2.31. The van der Waals surface area contributed by atoms with Gasteiger partial charge in [-0.15, -0.1) is 0 Å². The molecule has 0 fully saturated rings. The maximum Gasteiger partial charge on any atom is 0.339 e. The van der Waals surface area contributed by atoms with Crippen molar-refractivity contribution in [2.75, 3.05) is 0 Å². The Bertz CT molecular complexity index is 992. The van der Waals surface area contributed by atoms with Crippen molar-refractivity contribution in [3.8, 4) is 0 Å². The molecule has 1 aromatic heterocycles. The first kappa shape index (κ1) is 17.9. The number of carbonyl (C=O) groups excluding carboxylic acids is 2.